The summed E-state index contributed by atoms with van der Waals surface area (Å²) in [5.41, 5.74) is -4.90. The second kappa shape index (κ2) is 7.19. The summed E-state index contributed by atoms with van der Waals surface area (Å²) in [6.07, 6.45) is -8.03. The second-order valence-electron chi connectivity index (χ2n) is 8.15. The van der Waals surface area contributed by atoms with E-state index in [-0.39, 0.29) is 18.4 Å². The molecule has 13 heteroatoms. The third kappa shape index (κ3) is 3.11. The molecule has 2 aliphatic carbocycles. The van der Waals surface area contributed by atoms with E-state index in [1.54, 1.807) is 0 Å². The highest BCUT2D eigenvalue weighted by atomic mass is 19.4. The van der Waals surface area contributed by atoms with Crippen LogP contribution >= 0.6 is 0 Å². The van der Waals surface area contributed by atoms with Crippen LogP contribution in [-0.2, 0) is 30.0 Å². The van der Waals surface area contributed by atoms with Crippen molar-refractivity contribution in [1.29, 1.82) is 0 Å². The second-order valence-corrected chi connectivity index (χ2v) is 8.15. The lowest BCUT2D eigenvalue weighted by atomic mass is 9.73. The minimum atomic E-state index is -5.78. The van der Waals surface area contributed by atoms with Crippen LogP contribution in [0.4, 0.5) is 30.7 Å². The monoisotopic (exact) mass is 482 g/mol. The van der Waals surface area contributed by atoms with Gasteiger partial charge in [-0.2, -0.15) is 22.0 Å². The van der Waals surface area contributed by atoms with E-state index in [1.165, 1.54) is 6.92 Å². The summed E-state index contributed by atoms with van der Waals surface area (Å²) in [5, 5.41) is 0. The number of carbonyl (C=O) groups excluding carboxylic acids is 3. The number of fused-ring (bicyclic) bond motifs is 1. The number of hydrogen-bond acceptors (Lipinski definition) is 6. The van der Waals surface area contributed by atoms with Crippen LogP contribution in [0.1, 0.15) is 25.3 Å². The van der Waals surface area contributed by atoms with E-state index in [0.29, 0.717) is 0 Å². The number of alkyl halides is 3. The number of hydrogen-bond donors (Lipinski definition) is 0. The summed E-state index contributed by atoms with van der Waals surface area (Å²) in [6.45, 7) is 4.80. The largest absolute Gasteiger partial charge is 0.457 e. The quantitative estimate of drug-likeness (QED) is 0.163. The molecule has 1 heterocycles. The molecule has 5 unspecified atom stereocenters. The van der Waals surface area contributed by atoms with E-state index in [2.05, 4.69) is 11.3 Å². The van der Waals surface area contributed by atoms with Crippen LogP contribution in [0, 0.1) is 40.5 Å². The van der Waals surface area contributed by atoms with Gasteiger partial charge in [-0.1, -0.05) is 6.58 Å². The molecule has 0 spiro atoms. The first kappa shape index (κ1) is 23.1. The van der Waals surface area contributed by atoms with Gasteiger partial charge in [-0.3, -0.25) is 9.59 Å². The molecule has 0 N–H and O–H groups in total. The third-order valence-electron chi connectivity index (χ3n) is 6.22. The van der Waals surface area contributed by atoms with Gasteiger partial charge in [-0.05, 0) is 19.8 Å². The maximum atomic E-state index is 14.1. The van der Waals surface area contributed by atoms with Gasteiger partial charge in [-0.25, -0.2) is 13.6 Å². The summed E-state index contributed by atoms with van der Waals surface area (Å²) in [7, 11) is 0. The fraction of sp³-hybridized carbons (Fsp3) is 0.450. The first-order chi connectivity index (χ1) is 15.2. The Labute approximate surface area is 180 Å². The van der Waals surface area contributed by atoms with Crippen molar-refractivity contribution in [1.82, 2.24) is 0 Å². The molecule has 3 aliphatic rings. The highest BCUT2D eigenvalue weighted by Gasteiger charge is 2.75. The number of carbonyl (C=O) groups is 3. The standard InChI is InChI=1S/C20H13F7O6/c1-5(2)16(28)31-13-6-3-7-14(13)32-17(29)19(7,4-6)18(30)33-15-11(23)9(21)8(20(25,26)27)10(22)12(15)24/h6-7,13-14H,1,3-4H2,2H3. The van der Waals surface area contributed by atoms with Crippen molar-refractivity contribution >= 4 is 17.9 Å². The number of ether oxygens (including phenoxy) is 3. The van der Waals surface area contributed by atoms with Crippen LogP contribution in [0.3, 0.4) is 0 Å². The minimum absolute atomic E-state index is 0.0603. The molecule has 0 radical (unpaired) electrons. The van der Waals surface area contributed by atoms with E-state index in [9.17, 15) is 45.1 Å². The maximum absolute atomic E-state index is 14.1. The van der Waals surface area contributed by atoms with Crippen LogP contribution in [0.2, 0.25) is 0 Å². The summed E-state index contributed by atoms with van der Waals surface area (Å²) in [5.74, 6) is -18.0. The molecule has 4 rings (SSSR count). The number of esters is 3. The van der Waals surface area contributed by atoms with Crippen LogP contribution in [0.5, 0.6) is 5.75 Å². The highest BCUT2D eigenvalue weighted by molar-refractivity contribution is 6.03. The van der Waals surface area contributed by atoms with Gasteiger partial charge in [0.05, 0.1) is 0 Å². The molecular formula is C20H13F7O6. The summed E-state index contributed by atoms with van der Waals surface area (Å²) < 4.78 is 109. The lowest BCUT2D eigenvalue weighted by molar-refractivity contribution is -0.161. The fourth-order valence-electron chi connectivity index (χ4n) is 4.79. The van der Waals surface area contributed by atoms with Crippen LogP contribution in [0.15, 0.2) is 12.2 Å². The van der Waals surface area contributed by atoms with Crippen LogP contribution in [-0.4, -0.2) is 30.1 Å². The van der Waals surface area contributed by atoms with Gasteiger partial charge in [0, 0.05) is 17.4 Å². The van der Waals surface area contributed by atoms with Crippen molar-refractivity contribution in [3.8, 4) is 5.75 Å². The van der Waals surface area contributed by atoms with Crippen molar-refractivity contribution in [2.75, 3.05) is 0 Å². The molecule has 5 atom stereocenters. The highest BCUT2D eigenvalue weighted by Crippen LogP contribution is 2.63. The Morgan fingerprint density at radius 3 is 2.18 bits per heavy atom. The summed E-state index contributed by atoms with van der Waals surface area (Å²) in [4.78, 5) is 37.2. The Morgan fingerprint density at radius 1 is 1.09 bits per heavy atom. The van der Waals surface area contributed by atoms with Gasteiger partial charge in [-0.15, -0.1) is 0 Å². The number of halogens is 7. The SMILES string of the molecule is C=C(C)C(=O)OC1C2CC3C1OC(=O)C3(C(=O)Oc1c(F)c(F)c(C(F)(F)F)c(F)c1F)C2. The zero-order valence-corrected chi connectivity index (χ0v) is 16.5. The van der Waals surface area contributed by atoms with E-state index in [0.717, 1.165) is 0 Å². The maximum Gasteiger partial charge on any atom is 0.422 e. The average molecular weight is 482 g/mol. The molecule has 33 heavy (non-hydrogen) atoms. The van der Waals surface area contributed by atoms with E-state index in [1.807, 2.05) is 0 Å². The molecule has 1 saturated heterocycles. The molecule has 1 aromatic carbocycles. The third-order valence-corrected chi connectivity index (χ3v) is 6.22. The number of rotatable bonds is 4. The van der Waals surface area contributed by atoms with Gasteiger partial charge in [0.1, 0.15) is 17.8 Å². The molecule has 1 aromatic rings. The predicted octanol–water partition coefficient (Wildman–Crippen LogP) is 3.61. The Kier molecular flexibility index (Phi) is 5.02. The van der Waals surface area contributed by atoms with Crippen molar-refractivity contribution < 1.29 is 59.3 Å². The van der Waals surface area contributed by atoms with Crippen LogP contribution < -0.4 is 4.74 Å². The Bertz CT molecular complexity index is 1080. The van der Waals surface area contributed by atoms with E-state index in [4.69, 9.17) is 9.47 Å². The Morgan fingerprint density at radius 2 is 1.67 bits per heavy atom. The van der Waals surface area contributed by atoms with Crippen molar-refractivity contribution in [2.24, 2.45) is 17.3 Å². The first-order valence-corrected chi connectivity index (χ1v) is 9.44. The molecule has 3 fully saturated rings. The number of benzene rings is 1. The molecule has 178 valence electrons. The molecule has 0 aromatic heterocycles. The molecule has 6 nitrogen and oxygen atoms in total. The van der Waals surface area contributed by atoms with Crippen LogP contribution in [0.25, 0.3) is 0 Å². The lowest BCUT2D eigenvalue weighted by Crippen LogP contribution is -2.46. The smallest absolute Gasteiger partial charge is 0.422 e. The van der Waals surface area contributed by atoms with Crippen molar-refractivity contribution in [3.63, 3.8) is 0 Å². The molecule has 0 amide bonds. The summed E-state index contributed by atoms with van der Waals surface area (Å²) >= 11 is 0. The fourth-order valence-corrected chi connectivity index (χ4v) is 4.79. The average Bonchev–Trinajstić information content (AvgIpc) is 3.31. The zero-order valence-electron chi connectivity index (χ0n) is 16.5. The predicted molar refractivity (Wildman–Crippen MR) is 90.1 cm³/mol. The molecule has 2 saturated carbocycles. The topological polar surface area (TPSA) is 78.9 Å². The van der Waals surface area contributed by atoms with Gasteiger partial charge in [0.15, 0.2) is 17.0 Å². The van der Waals surface area contributed by atoms with Crippen molar-refractivity contribution in [2.45, 2.75) is 38.1 Å². The Hall–Kier alpha value is -3.12. The van der Waals surface area contributed by atoms with Gasteiger partial charge < -0.3 is 14.2 Å². The lowest BCUT2D eigenvalue weighted by Gasteiger charge is -2.30. The first-order valence-electron chi connectivity index (χ1n) is 9.44. The summed E-state index contributed by atoms with van der Waals surface area (Å²) in [6, 6.07) is 0. The minimum Gasteiger partial charge on any atom is -0.457 e. The van der Waals surface area contributed by atoms with Gasteiger partial charge in [0.2, 0.25) is 17.4 Å². The molecular weight excluding hydrogens is 469 g/mol. The van der Waals surface area contributed by atoms with E-state index >= 15 is 0 Å². The van der Waals surface area contributed by atoms with Gasteiger partial charge in [0.25, 0.3) is 0 Å². The molecule has 1 aliphatic heterocycles. The zero-order chi connectivity index (χ0) is 24.6. The van der Waals surface area contributed by atoms with Crippen molar-refractivity contribution in [3.05, 3.63) is 41.0 Å². The van der Waals surface area contributed by atoms with Gasteiger partial charge >= 0.3 is 24.1 Å². The Balaban J connectivity index is 1.65. The van der Waals surface area contributed by atoms with E-state index < -0.39 is 88.1 Å². The normalized spacial score (nSPS) is 29.8. The molecule has 2 bridgehead atoms.